The number of hydrogen-bond acceptors (Lipinski definition) is 4. The molecule has 0 unspecified atom stereocenters. The summed E-state index contributed by atoms with van der Waals surface area (Å²) in [4.78, 5) is 13.2. The van der Waals surface area contributed by atoms with Crippen molar-refractivity contribution in [3.8, 4) is 0 Å². The fraction of sp³-hybridized carbons (Fsp3) is 0.462. The van der Waals surface area contributed by atoms with Gasteiger partial charge in [0.15, 0.2) is 0 Å². The van der Waals surface area contributed by atoms with E-state index in [-0.39, 0.29) is 0 Å². The van der Waals surface area contributed by atoms with E-state index in [1.165, 1.54) is 0 Å². The SMILES string of the molecule is CC1(O)CCN(c2ccc(C(N)=O)cc2N)CC1. The number of carbonyl (C=O) groups is 1. The van der Waals surface area contributed by atoms with Gasteiger partial charge in [0.05, 0.1) is 17.0 Å². The maximum atomic E-state index is 11.0. The Balaban J connectivity index is 2.17. The fourth-order valence-electron chi connectivity index (χ4n) is 2.23. The number of nitrogens with zero attached hydrogens (tertiary/aromatic N) is 1. The van der Waals surface area contributed by atoms with Crippen LogP contribution >= 0.6 is 0 Å². The van der Waals surface area contributed by atoms with E-state index in [1.54, 1.807) is 12.1 Å². The zero-order valence-electron chi connectivity index (χ0n) is 10.5. The summed E-state index contributed by atoms with van der Waals surface area (Å²) in [5.74, 6) is -0.477. The molecule has 0 bridgehead atoms. The van der Waals surface area contributed by atoms with E-state index in [0.717, 1.165) is 18.8 Å². The Bertz CT molecular complexity index is 461. The molecule has 1 aliphatic heterocycles. The topological polar surface area (TPSA) is 92.6 Å². The number of nitrogens with two attached hydrogens (primary N) is 2. The first-order chi connectivity index (χ1) is 8.39. The highest BCUT2D eigenvalue weighted by molar-refractivity contribution is 5.94. The molecular formula is C13H19N3O2. The van der Waals surface area contributed by atoms with Crippen LogP contribution in [0, 0.1) is 0 Å². The molecule has 0 atom stereocenters. The number of nitrogen functional groups attached to an aromatic ring is 1. The number of rotatable bonds is 2. The van der Waals surface area contributed by atoms with E-state index in [2.05, 4.69) is 4.90 Å². The van der Waals surface area contributed by atoms with E-state index in [1.807, 2.05) is 13.0 Å². The van der Waals surface area contributed by atoms with Crippen LogP contribution in [0.4, 0.5) is 11.4 Å². The molecule has 5 nitrogen and oxygen atoms in total. The lowest BCUT2D eigenvalue weighted by molar-refractivity contribution is 0.0351. The maximum Gasteiger partial charge on any atom is 0.248 e. The van der Waals surface area contributed by atoms with Crippen molar-refractivity contribution in [1.29, 1.82) is 0 Å². The number of piperidine rings is 1. The van der Waals surface area contributed by atoms with Crippen LogP contribution in [-0.4, -0.2) is 29.7 Å². The van der Waals surface area contributed by atoms with Gasteiger partial charge in [-0.05, 0) is 38.0 Å². The predicted octanol–water partition coefficient (Wildman–Crippen LogP) is 0.719. The van der Waals surface area contributed by atoms with Gasteiger partial charge in [-0.2, -0.15) is 0 Å². The van der Waals surface area contributed by atoms with Gasteiger partial charge in [-0.15, -0.1) is 0 Å². The van der Waals surface area contributed by atoms with E-state index in [0.29, 0.717) is 24.1 Å². The molecule has 0 aromatic heterocycles. The lowest BCUT2D eigenvalue weighted by Crippen LogP contribution is -2.42. The van der Waals surface area contributed by atoms with E-state index < -0.39 is 11.5 Å². The average Bonchev–Trinajstić information content (AvgIpc) is 2.29. The highest BCUT2D eigenvalue weighted by atomic mass is 16.3. The van der Waals surface area contributed by atoms with Crippen LogP contribution in [0.1, 0.15) is 30.1 Å². The molecule has 0 radical (unpaired) electrons. The maximum absolute atomic E-state index is 11.0. The largest absolute Gasteiger partial charge is 0.397 e. The molecule has 0 saturated carbocycles. The zero-order valence-corrected chi connectivity index (χ0v) is 10.5. The number of aliphatic hydroxyl groups is 1. The third kappa shape index (κ3) is 2.56. The summed E-state index contributed by atoms with van der Waals surface area (Å²) in [7, 11) is 0. The summed E-state index contributed by atoms with van der Waals surface area (Å²) in [5.41, 5.74) is 12.4. The average molecular weight is 249 g/mol. The van der Waals surface area contributed by atoms with Gasteiger partial charge < -0.3 is 21.5 Å². The van der Waals surface area contributed by atoms with Crippen molar-refractivity contribution in [2.24, 2.45) is 5.73 Å². The minimum absolute atomic E-state index is 0.417. The second-order valence-electron chi connectivity index (χ2n) is 5.12. The standard InChI is InChI=1S/C13H19N3O2/c1-13(18)4-6-16(7-5-13)11-3-2-9(12(15)17)8-10(11)14/h2-3,8,18H,4-7,14H2,1H3,(H2,15,17). The molecule has 1 aliphatic rings. The highest BCUT2D eigenvalue weighted by Gasteiger charge is 2.28. The first-order valence-electron chi connectivity index (χ1n) is 6.06. The van der Waals surface area contributed by atoms with Gasteiger partial charge in [0, 0.05) is 18.7 Å². The molecular weight excluding hydrogens is 230 g/mol. The summed E-state index contributed by atoms with van der Waals surface area (Å²) in [6.07, 6.45) is 1.42. The molecule has 1 aromatic carbocycles. The summed E-state index contributed by atoms with van der Waals surface area (Å²) in [6, 6.07) is 5.10. The molecule has 2 rings (SSSR count). The van der Waals surface area contributed by atoms with Crippen LogP contribution in [0.25, 0.3) is 0 Å². The van der Waals surface area contributed by atoms with Crippen molar-refractivity contribution in [2.45, 2.75) is 25.4 Å². The minimum Gasteiger partial charge on any atom is -0.397 e. The zero-order chi connectivity index (χ0) is 13.3. The number of carbonyl (C=O) groups excluding carboxylic acids is 1. The monoisotopic (exact) mass is 249 g/mol. The molecule has 1 heterocycles. The van der Waals surface area contributed by atoms with E-state index >= 15 is 0 Å². The lowest BCUT2D eigenvalue weighted by Gasteiger charge is -2.37. The fourth-order valence-corrected chi connectivity index (χ4v) is 2.23. The molecule has 0 spiro atoms. The Labute approximate surface area is 106 Å². The van der Waals surface area contributed by atoms with Gasteiger partial charge in [-0.1, -0.05) is 0 Å². The van der Waals surface area contributed by atoms with Crippen LogP contribution in [0.3, 0.4) is 0 Å². The van der Waals surface area contributed by atoms with Crippen molar-refractivity contribution < 1.29 is 9.90 Å². The summed E-state index contributed by atoms with van der Waals surface area (Å²) < 4.78 is 0. The highest BCUT2D eigenvalue weighted by Crippen LogP contribution is 2.30. The van der Waals surface area contributed by atoms with Crippen molar-refractivity contribution in [2.75, 3.05) is 23.7 Å². The minimum atomic E-state index is -0.585. The van der Waals surface area contributed by atoms with E-state index in [4.69, 9.17) is 11.5 Å². The number of hydrogen-bond donors (Lipinski definition) is 3. The lowest BCUT2D eigenvalue weighted by atomic mass is 9.93. The number of primary amides is 1. The van der Waals surface area contributed by atoms with Crippen molar-refractivity contribution >= 4 is 17.3 Å². The molecule has 1 aromatic rings. The third-order valence-corrected chi connectivity index (χ3v) is 3.49. The summed E-state index contributed by atoms with van der Waals surface area (Å²) in [6.45, 7) is 3.37. The first kappa shape index (κ1) is 12.7. The number of amides is 1. The van der Waals surface area contributed by atoms with Gasteiger partial charge in [0.2, 0.25) is 5.91 Å². The van der Waals surface area contributed by atoms with Gasteiger partial charge in [-0.25, -0.2) is 0 Å². The number of benzene rings is 1. The van der Waals surface area contributed by atoms with Crippen molar-refractivity contribution in [3.63, 3.8) is 0 Å². The molecule has 1 amide bonds. The van der Waals surface area contributed by atoms with Crippen LogP contribution in [0.5, 0.6) is 0 Å². The third-order valence-electron chi connectivity index (χ3n) is 3.49. The predicted molar refractivity (Wildman–Crippen MR) is 71.4 cm³/mol. The van der Waals surface area contributed by atoms with Crippen LogP contribution in [0.15, 0.2) is 18.2 Å². The second kappa shape index (κ2) is 4.49. The van der Waals surface area contributed by atoms with Crippen LogP contribution in [0.2, 0.25) is 0 Å². The van der Waals surface area contributed by atoms with E-state index in [9.17, 15) is 9.90 Å². The molecule has 0 aliphatic carbocycles. The molecule has 1 saturated heterocycles. The molecule has 5 heteroatoms. The Morgan fingerprint density at radius 1 is 1.39 bits per heavy atom. The number of anilines is 2. The van der Waals surface area contributed by atoms with Gasteiger partial charge >= 0.3 is 0 Å². The Morgan fingerprint density at radius 3 is 2.50 bits per heavy atom. The van der Waals surface area contributed by atoms with Gasteiger partial charge in [0.1, 0.15) is 0 Å². The van der Waals surface area contributed by atoms with Gasteiger partial charge in [0.25, 0.3) is 0 Å². The quantitative estimate of drug-likeness (QED) is 0.673. The Morgan fingerprint density at radius 2 is 2.00 bits per heavy atom. The summed E-state index contributed by atoms with van der Waals surface area (Å²) >= 11 is 0. The molecule has 5 N–H and O–H groups in total. The summed E-state index contributed by atoms with van der Waals surface area (Å²) in [5, 5.41) is 9.91. The molecule has 18 heavy (non-hydrogen) atoms. The molecule has 98 valence electrons. The normalized spacial score (nSPS) is 18.7. The van der Waals surface area contributed by atoms with Crippen molar-refractivity contribution in [3.05, 3.63) is 23.8 Å². The smallest absolute Gasteiger partial charge is 0.248 e. The Hall–Kier alpha value is -1.75. The first-order valence-corrected chi connectivity index (χ1v) is 6.06. The van der Waals surface area contributed by atoms with Crippen LogP contribution < -0.4 is 16.4 Å². The van der Waals surface area contributed by atoms with Crippen molar-refractivity contribution in [1.82, 2.24) is 0 Å². The van der Waals surface area contributed by atoms with Gasteiger partial charge in [-0.3, -0.25) is 4.79 Å². The second-order valence-corrected chi connectivity index (χ2v) is 5.12. The Kier molecular flexibility index (Phi) is 3.17. The van der Waals surface area contributed by atoms with Crippen LogP contribution in [-0.2, 0) is 0 Å². The molecule has 1 fully saturated rings.